The summed E-state index contributed by atoms with van der Waals surface area (Å²) in [6.07, 6.45) is 8.27. The molecule has 3 aliphatic rings. The van der Waals surface area contributed by atoms with Gasteiger partial charge in [0.1, 0.15) is 5.66 Å². The maximum Gasteiger partial charge on any atom is 0.144 e. The maximum absolute atomic E-state index is 5.64. The zero-order chi connectivity index (χ0) is 16.9. The molecule has 130 valence electrons. The fraction of sp³-hybridized carbons (Fsp3) is 0.632. The molecule has 0 unspecified atom stereocenters. The second kappa shape index (κ2) is 6.11. The molecule has 1 aliphatic heterocycles. The fourth-order valence-corrected chi connectivity index (χ4v) is 6.04. The summed E-state index contributed by atoms with van der Waals surface area (Å²) in [6.45, 7) is 2.24. The molecule has 0 amide bonds. The molecule has 1 aromatic carbocycles. The second-order valence-corrected chi connectivity index (χ2v) is 9.17. The van der Waals surface area contributed by atoms with E-state index >= 15 is 0 Å². The number of hydrogen-bond donors (Lipinski definition) is 1. The predicted octanol–water partition coefficient (Wildman–Crippen LogP) is 4.49. The van der Waals surface area contributed by atoms with Gasteiger partial charge in [0.15, 0.2) is 0 Å². The van der Waals surface area contributed by atoms with Crippen LogP contribution in [0.2, 0.25) is 0 Å². The number of hydrogen-bond acceptors (Lipinski definition) is 4. The summed E-state index contributed by atoms with van der Waals surface area (Å²) in [5.41, 5.74) is 2.75. The molecule has 0 aromatic heterocycles. The number of nitrogens with zero attached hydrogens (tertiary/aromatic N) is 1. The standard InChI is InChI=1S/C19H25BrN2OS/c1-12-17(24-3)22-19(21-12)16-10-14(20)5-4-13(16)11-18(19)8-6-15(23-2)7-9-18/h4-5,10,12,15,21H,6-9,11H2,1-3H3/t12-,15?,18?,19+/m0/s1. The predicted molar refractivity (Wildman–Crippen MR) is 105 cm³/mol. The normalized spacial score (nSPS) is 37.9. The van der Waals surface area contributed by atoms with Crippen molar-refractivity contribution in [2.24, 2.45) is 10.4 Å². The summed E-state index contributed by atoms with van der Waals surface area (Å²) in [5.74, 6) is 0. The van der Waals surface area contributed by atoms with Crippen molar-refractivity contribution >= 4 is 32.7 Å². The third-order valence-corrected chi connectivity index (χ3v) is 7.62. The van der Waals surface area contributed by atoms with Crippen LogP contribution < -0.4 is 5.32 Å². The Hall–Kier alpha value is -0.360. The first kappa shape index (κ1) is 17.1. The number of rotatable bonds is 1. The quantitative estimate of drug-likeness (QED) is 0.742. The van der Waals surface area contributed by atoms with Crippen molar-refractivity contribution < 1.29 is 4.74 Å². The zero-order valence-corrected chi connectivity index (χ0v) is 17.0. The molecular formula is C19H25BrN2OS. The van der Waals surface area contributed by atoms with Gasteiger partial charge in [0.2, 0.25) is 0 Å². The van der Waals surface area contributed by atoms with Gasteiger partial charge in [-0.15, -0.1) is 11.8 Å². The van der Waals surface area contributed by atoms with Gasteiger partial charge in [0.25, 0.3) is 0 Å². The van der Waals surface area contributed by atoms with Gasteiger partial charge in [-0.3, -0.25) is 10.3 Å². The summed E-state index contributed by atoms with van der Waals surface area (Å²) >= 11 is 5.46. The van der Waals surface area contributed by atoms with Crippen LogP contribution in [0.3, 0.4) is 0 Å². The van der Waals surface area contributed by atoms with Gasteiger partial charge in [-0.1, -0.05) is 22.0 Å². The van der Waals surface area contributed by atoms with E-state index in [1.165, 1.54) is 29.0 Å². The van der Waals surface area contributed by atoms with Crippen molar-refractivity contribution in [3.8, 4) is 0 Å². The summed E-state index contributed by atoms with van der Waals surface area (Å²) in [4.78, 5) is 5.34. The maximum atomic E-state index is 5.64. The number of halogens is 1. The van der Waals surface area contributed by atoms with Crippen molar-refractivity contribution in [1.82, 2.24) is 5.32 Å². The van der Waals surface area contributed by atoms with Gasteiger partial charge >= 0.3 is 0 Å². The Labute approximate surface area is 157 Å². The van der Waals surface area contributed by atoms with E-state index in [1.54, 1.807) is 11.8 Å². The van der Waals surface area contributed by atoms with Gasteiger partial charge in [-0.25, -0.2) is 0 Å². The molecule has 2 atom stereocenters. The van der Waals surface area contributed by atoms with E-state index in [1.807, 2.05) is 7.11 Å². The van der Waals surface area contributed by atoms with Crippen LogP contribution in [0, 0.1) is 5.41 Å². The molecule has 0 bridgehead atoms. The van der Waals surface area contributed by atoms with Crippen LogP contribution in [0.5, 0.6) is 0 Å². The second-order valence-electron chi connectivity index (χ2n) is 7.42. The lowest BCUT2D eigenvalue weighted by molar-refractivity contribution is -0.0113. The molecule has 3 nitrogen and oxygen atoms in total. The smallest absolute Gasteiger partial charge is 0.144 e. The SMILES string of the molecule is COC1CCC2(CC1)Cc1ccc(Br)cc1[C@@]21N=C(SC)[C@H](C)N1. The van der Waals surface area contributed by atoms with Crippen LogP contribution in [-0.4, -0.2) is 30.6 Å². The molecule has 0 saturated heterocycles. The van der Waals surface area contributed by atoms with Gasteiger partial charge < -0.3 is 4.74 Å². The van der Waals surface area contributed by atoms with Gasteiger partial charge in [-0.2, -0.15) is 0 Å². The lowest BCUT2D eigenvalue weighted by Crippen LogP contribution is -2.53. The number of nitrogens with one attached hydrogen (secondary N) is 1. The highest BCUT2D eigenvalue weighted by molar-refractivity contribution is 9.10. The molecule has 2 spiro atoms. The average Bonchev–Trinajstić information content (AvgIpc) is 3.06. The van der Waals surface area contributed by atoms with E-state index in [4.69, 9.17) is 9.73 Å². The lowest BCUT2D eigenvalue weighted by Gasteiger charge is -2.46. The molecule has 1 N–H and O–H groups in total. The largest absolute Gasteiger partial charge is 0.381 e. The Kier molecular flexibility index (Phi) is 4.35. The summed E-state index contributed by atoms with van der Waals surface area (Å²) in [6, 6.07) is 7.07. The lowest BCUT2D eigenvalue weighted by atomic mass is 9.65. The fourth-order valence-electron chi connectivity index (χ4n) is 5.04. The molecule has 1 heterocycles. The summed E-state index contributed by atoms with van der Waals surface area (Å²) in [7, 11) is 1.85. The molecule has 1 aromatic rings. The molecule has 0 radical (unpaired) electrons. The molecular weight excluding hydrogens is 384 g/mol. The average molecular weight is 409 g/mol. The van der Waals surface area contributed by atoms with Crippen LogP contribution >= 0.6 is 27.7 Å². The van der Waals surface area contributed by atoms with E-state index < -0.39 is 0 Å². The van der Waals surface area contributed by atoms with Crippen LogP contribution in [0.1, 0.15) is 43.7 Å². The van der Waals surface area contributed by atoms with Gasteiger partial charge in [0, 0.05) is 17.0 Å². The Morgan fingerprint density at radius 2 is 2.08 bits per heavy atom. The number of fused-ring (bicyclic) bond motifs is 3. The van der Waals surface area contributed by atoms with E-state index in [-0.39, 0.29) is 11.1 Å². The van der Waals surface area contributed by atoms with Crippen molar-refractivity contribution in [2.45, 2.75) is 56.8 Å². The summed E-state index contributed by atoms with van der Waals surface area (Å²) in [5, 5.41) is 5.15. The number of methoxy groups -OCH3 is 1. The third kappa shape index (κ3) is 2.35. The highest BCUT2D eigenvalue weighted by Gasteiger charge is 2.61. The minimum absolute atomic E-state index is 0.177. The Morgan fingerprint density at radius 3 is 2.71 bits per heavy atom. The Balaban J connectivity index is 1.83. The summed E-state index contributed by atoms with van der Waals surface area (Å²) < 4.78 is 6.78. The topological polar surface area (TPSA) is 33.6 Å². The van der Waals surface area contributed by atoms with Crippen LogP contribution in [0.25, 0.3) is 0 Å². The minimum Gasteiger partial charge on any atom is -0.381 e. The highest BCUT2D eigenvalue weighted by Crippen LogP contribution is 2.60. The first-order chi connectivity index (χ1) is 11.5. The first-order valence-electron chi connectivity index (χ1n) is 8.77. The number of thioether (sulfide) groups is 1. The highest BCUT2D eigenvalue weighted by atomic mass is 79.9. The minimum atomic E-state index is -0.261. The number of benzene rings is 1. The molecule has 1 saturated carbocycles. The Morgan fingerprint density at radius 1 is 1.33 bits per heavy atom. The zero-order valence-electron chi connectivity index (χ0n) is 14.6. The first-order valence-corrected chi connectivity index (χ1v) is 10.8. The molecule has 24 heavy (non-hydrogen) atoms. The van der Waals surface area contributed by atoms with E-state index in [2.05, 4.69) is 52.6 Å². The van der Waals surface area contributed by atoms with Crippen molar-refractivity contribution in [2.75, 3.05) is 13.4 Å². The van der Waals surface area contributed by atoms with E-state index in [0.29, 0.717) is 12.1 Å². The van der Waals surface area contributed by atoms with Gasteiger partial charge in [-0.05, 0) is 68.5 Å². The third-order valence-electron chi connectivity index (χ3n) is 6.26. The van der Waals surface area contributed by atoms with Crippen LogP contribution in [0.15, 0.2) is 27.7 Å². The number of ether oxygens (including phenoxy) is 1. The monoisotopic (exact) mass is 408 g/mol. The van der Waals surface area contributed by atoms with Crippen molar-refractivity contribution in [3.05, 3.63) is 33.8 Å². The molecule has 4 rings (SSSR count). The van der Waals surface area contributed by atoms with Crippen LogP contribution in [0.4, 0.5) is 0 Å². The van der Waals surface area contributed by atoms with Crippen LogP contribution in [-0.2, 0) is 16.8 Å². The molecule has 5 heteroatoms. The molecule has 2 aliphatic carbocycles. The van der Waals surface area contributed by atoms with Crippen molar-refractivity contribution in [3.63, 3.8) is 0 Å². The Bertz CT molecular complexity index is 684. The van der Waals surface area contributed by atoms with E-state index in [9.17, 15) is 0 Å². The number of aliphatic imine (C=N–C) groups is 1. The van der Waals surface area contributed by atoms with E-state index in [0.717, 1.165) is 23.7 Å². The van der Waals surface area contributed by atoms with Gasteiger partial charge in [0.05, 0.1) is 17.2 Å². The molecule has 1 fully saturated rings. The van der Waals surface area contributed by atoms with Crippen molar-refractivity contribution in [1.29, 1.82) is 0 Å².